The van der Waals surface area contributed by atoms with Crippen molar-refractivity contribution in [1.82, 2.24) is 4.72 Å². The van der Waals surface area contributed by atoms with Crippen molar-refractivity contribution in [3.8, 4) is 11.8 Å². The van der Waals surface area contributed by atoms with E-state index in [1.165, 1.54) is 0 Å². The van der Waals surface area contributed by atoms with E-state index in [0.717, 1.165) is 12.0 Å². The van der Waals surface area contributed by atoms with Crippen molar-refractivity contribution < 1.29 is 13.5 Å². The molecule has 0 radical (unpaired) electrons. The minimum absolute atomic E-state index is 0.144. The van der Waals surface area contributed by atoms with Gasteiger partial charge >= 0.3 is 0 Å². The van der Waals surface area contributed by atoms with E-state index in [4.69, 9.17) is 5.11 Å². The van der Waals surface area contributed by atoms with Gasteiger partial charge in [-0.15, -0.1) is 0 Å². The molecule has 0 heterocycles. The Morgan fingerprint density at radius 1 is 1.29 bits per heavy atom. The fraction of sp³-hybridized carbons (Fsp3) is 0.500. The van der Waals surface area contributed by atoms with Gasteiger partial charge in [-0.2, -0.15) is 0 Å². The number of hydrogen-bond donors (Lipinski definition) is 2. The van der Waals surface area contributed by atoms with Crippen molar-refractivity contribution in [2.24, 2.45) is 5.92 Å². The first-order valence-corrected chi connectivity index (χ1v) is 8.47. The van der Waals surface area contributed by atoms with Gasteiger partial charge in [0.2, 0.25) is 10.0 Å². The summed E-state index contributed by atoms with van der Waals surface area (Å²) in [6, 6.07) is 4.87. The zero-order valence-electron chi connectivity index (χ0n) is 13.0. The van der Waals surface area contributed by atoms with Gasteiger partial charge < -0.3 is 5.11 Å². The molecule has 5 heteroatoms. The van der Waals surface area contributed by atoms with Crippen molar-refractivity contribution in [3.63, 3.8) is 0 Å². The van der Waals surface area contributed by atoms with E-state index in [1.54, 1.807) is 18.2 Å². The van der Waals surface area contributed by atoms with Crippen LogP contribution in [0.25, 0.3) is 0 Å². The van der Waals surface area contributed by atoms with Gasteiger partial charge in [0.05, 0.1) is 4.90 Å². The number of nitrogens with one attached hydrogen (secondary N) is 1. The molecule has 0 saturated carbocycles. The molecule has 0 aromatic heterocycles. The summed E-state index contributed by atoms with van der Waals surface area (Å²) in [4.78, 5) is 0.157. The summed E-state index contributed by atoms with van der Waals surface area (Å²) in [6.45, 7) is 7.52. The monoisotopic (exact) mass is 309 g/mol. The molecule has 0 bridgehead atoms. The van der Waals surface area contributed by atoms with E-state index in [9.17, 15) is 8.42 Å². The van der Waals surface area contributed by atoms with Gasteiger partial charge in [0, 0.05) is 11.6 Å². The van der Waals surface area contributed by atoms with Crippen LogP contribution in [0.1, 0.15) is 38.3 Å². The van der Waals surface area contributed by atoms with Gasteiger partial charge in [0.1, 0.15) is 6.61 Å². The lowest BCUT2D eigenvalue weighted by Crippen LogP contribution is -2.34. The van der Waals surface area contributed by atoms with Crippen molar-refractivity contribution in [2.75, 3.05) is 6.61 Å². The van der Waals surface area contributed by atoms with Crippen LogP contribution >= 0.6 is 0 Å². The molecule has 0 amide bonds. The Morgan fingerprint density at radius 2 is 1.95 bits per heavy atom. The molecule has 1 rings (SSSR count). The van der Waals surface area contributed by atoms with E-state index in [-0.39, 0.29) is 17.5 Å². The maximum atomic E-state index is 12.5. The van der Waals surface area contributed by atoms with Crippen LogP contribution in [0.4, 0.5) is 0 Å². The summed E-state index contributed by atoms with van der Waals surface area (Å²) in [5.41, 5.74) is 1.33. The van der Waals surface area contributed by atoms with Crippen LogP contribution in [-0.4, -0.2) is 26.2 Å². The predicted octanol–water partition coefficient (Wildman–Crippen LogP) is 2.05. The molecule has 4 nitrogen and oxygen atoms in total. The van der Waals surface area contributed by atoms with Crippen LogP contribution in [-0.2, 0) is 10.0 Å². The smallest absolute Gasteiger partial charge is 0.242 e. The van der Waals surface area contributed by atoms with Crippen LogP contribution in [0.3, 0.4) is 0 Å². The largest absolute Gasteiger partial charge is 0.384 e. The third kappa shape index (κ3) is 5.50. The lowest BCUT2D eigenvalue weighted by molar-refractivity contribution is 0.350. The Bertz CT molecular complexity index is 639. The molecule has 21 heavy (non-hydrogen) atoms. The number of aryl methyl sites for hydroxylation is 1. The second kappa shape index (κ2) is 7.60. The van der Waals surface area contributed by atoms with Gasteiger partial charge in [-0.3, -0.25) is 0 Å². The van der Waals surface area contributed by atoms with E-state index in [1.807, 2.05) is 13.8 Å². The molecule has 0 aliphatic carbocycles. The SMILES string of the molecule is Cc1ccc(S(=O)(=O)NC(C)CC(C)C)c(C#CCO)c1. The maximum Gasteiger partial charge on any atom is 0.242 e. The average Bonchev–Trinajstić information content (AvgIpc) is 2.34. The van der Waals surface area contributed by atoms with Crippen LogP contribution in [0.2, 0.25) is 0 Å². The Labute approximate surface area is 127 Å². The Balaban J connectivity index is 3.13. The second-order valence-corrected chi connectivity index (χ2v) is 7.29. The highest BCUT2D eigenvalue weighted by molar-refractivity contribution is 7.89. The van der Waals surface area contributed by atoms with Gasteiger partial charge in [-0.05, 0) is 43.9 Å². The number of hydrogen-bond acceptors (Lipinski definition) is 3. The number of rotatable bonds is 5. The molecule has 1 aromatic rings. The number of aliphatic hydroxyl groups is 1. The van der Waals surface area contributed by atoms with Gasteiger partial charge in [0.25, 0.3) is 0 Å². The van der Waals surface area contributed by atoms with Crippen molar-refractivity contribution in [1.29, 1.82) is 0 Å². The topological polar surface area (TPSA) is 66.4 Å². The minimum Gasteiger partial charge on any atom is -0.384 e. The van der Waals surface area contributed by atoms with Crippen molar-refractivity contribution in [2.45, 2.75) is 45.1 Å². The Kier molecular flexibility index (Phi) is 6.41. The number of benzene rings is 1. The van der Waals surface area contributed by atoms with Crippen molar-refractivity contribution in [3.05, 3.63) is 29.3 Å². The summed E-state index contributed by atoms with van der Waals surface area (Å²) in [7, 11) is -3.62. The third-order valence-corrected chi connectivity index (χ3v) is 4.56. The zero-order valence-corrected chi connectivity index (χ0v) is 13.8. The first kappa shape index (κ1) is 17.7. The predicted molar refractivity (Wildman–Crippen MR) is 84.4 cm³/mol. The number of sulfonamides is 1. The van der Waals surface area contributed by atoms with Gasteiger partial charge in [0.15, 0.2) is 0 Å². The average molecular weight is 309 g/mol. The highest BCUT2D eigenvalue weighted by atomic mass is 32.2. The molecule has 2 N–H and O–H groups in total. The van der Waals surface area contributed by atoms with E-state index < -0.39 is 10.0 Å². The Hall–Kier alpha value is -1.35. The summed E-state index contributed by atoms with van der Waals surface area (Å²) in [6.07, 6.45) is 0.767. The molecule has 0 aliphatic rings. The third-order valence-electron chi connectivity index (χ3n) is 2.91. The van der Waals surface area contributed by atoms with Crippen LogP contribution < -0.4 is 4.72 Å². The highest BCUT2D eigenvalue weighted by Gasteiger charge is 2.20. The normalized spacial score (nSPS) is 12.9. The minimum atomic E-state index is -3.62. The summed E-state index contributed by atoms with van der Waals surface area (Å²) >= 11 is 0. The van der Waals surface area contributed by atoms with Crippen LogP contribution in [0, 0.1) is 24.7 Å². The fourth-order valence-electron chi connectivity index (χ4n) is 2.19. The summed E-state index contributed by atoms with van der Waals surface area (Å²) < 4.78 is 27.6. The van der Waals surface area contributed by atoms with Crippen LogP contribution in [0.5, 0.6) is 0 Å². The van der Waals surface area contributed by atoms with Crippen LogP contribution in [0.15, 0.2) is 23.1 Å². The molecule has 0 fully saturated rings. The molecular weight excluding hydrogens is 286 g/mol. The number of aliphatic hydroxyl groups excluding tert-OH is 1. The lowest BCUT2D eigenvalue weighted by Gasteiger charge is -2.17. The van der Waals surface area contributed by atoms with E-state index in [2.05, 4.69) is 30.4 Å². The fourth-order valence-corrected chi connectivity index (χ4v) is 3.59. The standard InChI is InChI=1S/C16H23NO3S/c1-12(2)10-14(4)17-21(19,20)16-8-7-13(3)11-15(16)6-5-9-18/h7-8,11-12,14,17-18H,9-10H2,1-4H3. The second-order valence-electron chi connectivity index (χ2n) is 5.61. The zero-order chi connectivity index (χ0) is 16.0. The highest BCUT2D eigenvalue weighted by Crippen LogP contribution is 2.18. The lowest BCUT2D eigenvalue weighted by atomic mass is 10.1. The van der Waals surface area contributed by atoms with Gasteiger partial charge in [-0.25, -0.2) is 13.1 Å². The maximum absolute atomic E-state index is 12.5. The molecule has 0 saturated heterocycles. The summed E-state index contributed by atoms with van der Waals surface area (Å²) in [5, 5.41) is 8.80. The molecule has 1 atom stereocenters. The molecular formula is C16H23NO3S. The molecule has 116 valence electrons. The molecule has 1 unspecified atom stereocenters. The molecule has 0 spiro atoms. The molecule has 0 aliphatic heterocycles. The van der Waals surface area contributed by atoms with E-state index in [0.29, 0.717) is 11.5 Å². The molecule has 1 aromatic carbocycles. The first-order chi connectivity index (χ1) is 9.76. The van der Waals surface area contributed by atoms with Crippen molar-refractivity contribution >= 4 is 10.0 Å². The first-order valence-electron chi connectivity index (χ1n) is 6.99. The van der Waals surface area contributed by atoms with Gasteiger partial charge in [-0.1, -0.05) is 31.8 Å². The quantitative estimate of drug-likeness (QED) is 0.818. The summed E-state index contributed by atoms with van der Waals surface area (Å²) in [5.74, 6) is 5.62. The Morgan fingerprint density at radius 3 is 2.52 bits per heavy atom. The van der Waals surface area contributed by atoms with E-state index >= 15 is 0 Å².